The summed E-state index contributed by atoms with van der Waals surface area (Å²) in [6.45, 7) is 0.326. The first-order chi connectivity index (χ1) is 15.5. The van der Waals surface area contributed by atoms with Gasteiger partial charge in [-0.1, -0.05) is 66.2 Å². The van der Waals surface area contributed by atoms with Crippen LogP contribution in [0, 0.1) is 0 Å². The molecule has 3 rings (SSSR count). The Morgan fingerprint density at radius 1 is 0.875 bits per heavy atom. The molecule has 3 aromatic rings. The van der Waals surface area contributed by atoms with Crippen LogP contribution < -0.4 is 15.4 Å². The number of benzene rings is 3. The second-order valence-electron chi connectivity index (χ2n) is 7.05. The fourth-order valence-corrected chi connectivity index (χ4v) is 4.29. The molecule has 0 aromatic heterocycles. The van der Waals surface area contributed by atoms with Crippen LogP contribution in [-0.2, 0) is 16.1 Å². The molecule has 32 heavy (non-hydrogen) atoms. The molecular formula is C25H25ClN2O3S. The lowest BCUT2D eigenvalue weighted by Gasteiger charge is -2.18. The number of amides is 2. The maximum absolute atomic E-state index is 12.4. The van der Waals surface area contributed by atoms with Gasteiger partial charge in [0.25, 0.3) is 0 Å². The number of hydrogen-bond acceptors (Lipinski definition) is 4. The largest absolute Gasteiger partial charge is 0.497 e. The monoisotopic (exact) mass is 468 g/mol. The molecule has 0 saturated carbocycles. The van der Waals surface area contributed by atoms with Gasteiger partial charge in [-0.3, -0.25) is 9.59 Å². The zero-order chi connectivity index (χ0) is 22.8. The quantitative estimate of drug-likeness (QED) is 0.456. The summed E-state index contributed by atoms with van der Waals surface area (Å²) in [7, 11) is 1.61. The number of hydrogen-bond donors (Lipinski definition) is 2. The highest BCUT2D eigenvalue weighted by Gasteiger charge is 2.17. The number of halogens is 1. The first kappa shape index (κ1) is 23.7. The molecule has 5 nitrogen and oxygen atoms in total. The van der Waals surface area contributed by atoms with Gasteiger partial charge in [0.2, 0.25) is 11.8 Å². The average Bonchev–Trinajstić information content (AvgIpc) is 2.83. The lowest BCUT2D eigenvalue weighted by Crippen LogP contribution is -2.37. The highest BCUT2D eigenvalue weighted by molar-refractivity contribution is 8.00. The Kier molecular flexibility index (Phi) is 9.01. The van der Waals surface area contributed by atoms with E-state index in [2.05, 4.69) is 10.6 Å². The minimum Gasteiger partial charge on any atom is -0.497 e. The number of methoxy groups -OCH3 is 1. The molecule has 0 heterocycles. The smallest absolute Gasteiger partial charge is 0.239 e. The van der Waals surface area contributed by atoms with E-state index >= 15 is 0 Å². The highest BCUT2D eigenvalue weighted by atomic mass is 35.5. The van der Waals surface area contributed by atoms with Crippen molar-refractivity contribution < 1.29 is 14.3 Å². The Morgan fingerprint density at radius 2 is 1.53 bits per heavy atom. The number of rotatable bonds is 10. The molecule has 166 valence electrons. The number of ether oxygens (including phenoxy) is 1. The Balaban J connectivity index is 1.48. The summed E-state index contributed by atoms with van der Waals surface area (Å²) in [5.74, 6) is 0.562. The van der Waals surface area contributed by atoms with Gasteiger partial charge in [-0.2, -0.15) is 0 Å². The van der Waals surface area contributed by atoms with Crippen molar-refractivity contribution in [2.75, 3.05) is 19.4 Å². The lowest BCUT2D eigenvalue weighted by atomic mass is 10.0. The van der Waals surface area contributed by atoms with Gasteiger partial charge >= 0.3 is 0 Å². The Morgan fingerprint density at radius 3 is 2.19 bits per heavy atom. The topological polar surface area (TPSA) is 67.4 Å². The van der Waals surface area contributed by atoms with Gasteiger partial charge in [-0.15, -0.1) is 11.8 Å². The summed E-state index contributed by atoms with van der Waals surface area (Å²) in [4.78, 5) is 24.5. The third-order valence-electron chi connectivity index (χ3n) is 4.75. The molecule has 7 heteroatoms. The van der Waals surface area contributed by atoms with Crippen LogP contribution in [0.3, 0.4) is 0 Å². The van der Waals surface area contributed by atoms with Crippen LogP contribution in [0.4, 0.5) is 0 Å². The third kappa shape index (κ3) is 7.32. The number of carbonyl (C=O) groups excluding carboxylic acids is 2. The van der Waals surface area contributed by atoms with Gasteiger partial charge < -0.3 is 15.4 Å². The van der Waals surface area contributed by atoms with Crippen LogP contribution in [0.15, 0.2) is 78.9 Å². The predicted octanol–water partition coefficient (Wildman–Crippen LogP) is 4.60. The van der Waals surface area contributed by atoms with Crippen LogP contribution in [-0.4, -0.2) is 31.2 Å². The standard InChI is InChI=1S/C25H25ClN2O3S/c1-31-22-13-7-18(8-14-22)15-27-23(29)16-28-24(30)17-32-25(19-5-3-2-4-6-19)20-9-11-21(26)12-10-20/h2-14,25H,15-17H2,1H3,(H,27,29)(H,28,30). The van der Waals surface area contributed by atoms with Crippen LogP contribution in [0.25, 0.3) is 0 Å². The first-order valence-corrected chi connectivity index (χ1v) is 11.6. The zero-order valence-electron chi connectivity index (χ0n) is 17.7. The van der Waals surface area contributed by atoms with E-state index in [0.717, 1.165) is 22.4 Å². The summed E-state index contributed by atoms with van der Waals surface area (Å²) in [5, 5.41) is 6.15. The van der Waals surface area contributed by atoms with Crippen LogP contribution >= 0.6 is 23.4 Å². The molecule has 1 atom stereocenters. The van der Waals surface area contributed by atoms with Crippen molar-refractivity contribution in [1.29, 1.82) is 0 Å². The number of nitrogens with one attached hydrogen (secondary N) is 2. The van der Waals surface area contributed by atoms with Gasteiger partial charge in [0.05, 0.1) is 24.7 Å². The molecule has 2 amide bonds. The van der Waals surface area contributed by atoms with E-state index in [4.69, 9.17) is 16.3 Å². The molecule has 0 saturated heterocycles. The normalized spacial score (nSPS) is 11.4. The summed E-state index contributed by atoms with van der Waals surface area (Å²) in [6.07, 6.45) is 0. The third-order valence-corrected chi connectivity index (χ3v) is 6.31. The highest BCUT2D eigenvalue weighted by Crippen LogP contribution is 2.35. The molecule has 0 radical (unpaired) electrons. The molecule has 1 unspecified atom stereocenters. The van der Waals surface area contributed by atoms with Crippen LogP contribution in [0.5, 0.6) is 5.75 Å². The summed E-state index contributed by atoms with van der Waals surface area (Å²) < 4.78 is 5.12. The number of carbonyl (C=O) groups is 2. The molecule has 0 spiro atoms. The van der Waals surface area contributed by atoms with E-state index in [-0.39, 0.29) is 29.4 Å². The van der Waals surface area contributed by atoms with Crippen LogP contribution in [0.2, 0.25) is 5.02 Å². The van der Waals surface area contributed by atoms with Gasteiger partial charge in [-0.25, -0.2) is 0 Å². The molecule has 3 aromatic carbocycles. The summed E-state index contributed by atoms with van der Waals surface area (Å²) in [5.41, 5.74) is 3.12. The van der Waals surface area contributed by atoms with Crippen molar-refractivity contribution in [1.82, 2.24) is 10.6 Å². The number of thioether (sulfide) groups is 1. The first-order valence-electron chi connectivity index (χ1n) is 10.1. The molecule has 0 aliphatic rings. The van der Waals surface area contributed by atoms with Crippen LogP contribution in [0.1, 0.15) is 21.9 Å². The molecule has 0 fully saturated rings. The van der Waals surface area contributed by atoms with E-state index in [0.29, 0.717) is 11.6 Å². The van der Waals surface area contributed by atoms with Crippen molar-refractivity contribution in [2.24, 2.45) is 0 Å². The lowest BCUT2D eigenvalue weighted by molar-refractivity contribution is -0.124. The van der Waals surface area contributed by atoms with Crippen molar-refractivity contribution in [3.63, 3.8) is 0 Å². The minimum atomic E-state index is -0.239. The molecular weight excluding hydrogens is 444 g/mol. The summed E-state index contributed by atoms with van der Waals surface area (Å²) in [6, 6.07) is 25.1. The van der Waals surface area contributed by atoms with Gasteiger partial charge in [0.1, 0.15) is 5.75 Å². The van der Waals surface area contributed by atoms with Gasteiger partial charge in [-0.05, 0) is 41.0 Å². The SMILES string of the molecule is COc1ccc(CNC(=O)CNC(=O)CSC(c2ccccc2)c2ccc(Cl)cc2)cc1. The zero-order valence-corrected chi connectivity index (χ0v) is 19.3. The minimum absolute atomic E-state index is 0.0110. The van der Waals surface area contributed by atoms with E-state index in [1.54, 1.807) is 7.11 Å². The average molecular weight is 469 g/mol. The Hall–Kier alpha value is -2.96. The maximum atomic E-state index is 12.4. The van der Waals surface area contributed by atoms with Crippen molar-refractivity contribution >= 4 is 35.2 Å². The van der Waals surface area contributed by atoms with Crippen molar-refractivity contribution in [3.8, 4) is 5.75 Å². The van der Waals surface area contributed by atoms with E-state index in [9.17, 15) is 9.59 Å². The Bertz CT molecular complexity index is 1010. The van der Waals surface area contributed by atoms with Gasteiger partial charge in [0.15, 0.2) is 0 Å². The van der Waals surface area contributed by atoms with E-state index < -0.39 is 0 Å². The second-order valence-corrected chi connectivity index (χ2v) is 8.58. The van der Waals surface area contributed by atoms with Crippen molar-refractivity contribution in [3.05, 3.63) is 101 Å². The maximum Gasteiger partial charge on any atom is 0.239 e. The van der Waals surface area contributed by atoms with E-state index in [1.165, 1.54) is 11.8 Å². The van der Waals surface area contributed by atoms with E-state index in [1.807, 2.05) is 78.9 Å². The summed E-state index contributed by atoms with van der Waals surface area (Å²) >= 11 is 7.53. The fourth-order valence-electron chi connectivity index (χ4n) is 3.05. The molecule has 0 aliphatic heterocycles. The Labute approximate surface area is 197 Å². The van der Waals surface area contributed by atoms with Crippen molar-refractivity contribution in [2.45, 2.75) is 11.8 Å². The van der Waals surface area contributed by atoms with Gasteiger partial charge in [0, 0.05) is 11.6 Å². The molecule has 2 N–H and O–H groups in total. The molecule has 0 bridgehead atoms. The molecule has 0 aliphatic carbocycles. The fraction of sp³-hybridized carbons (Fsp3) is 0.200. The second kappa shape index (κ2) is 12.2. The predicted molar refractivity (Wildman–Crippen MR) is 130 cm³/mol.